The Bertz CT molecular complexity index is 828. The van der Waals surface area contributed by atoms with E-state index in [2.05, 4.69) is 5.32 Å². The van der Waals surface area contributed by atoms with E-state index in [9.17, 15) is 18.8 Å². The molecule has 0 unspecified atom stereocenters. The second kappa shape index (κ2) is 10.2. The fourth-order valence-electron chi connectivity index (χ4n) is 4.02. The first kappa shape index (κ1) is 23.1. The summed E-state index contributed by atoms with van der Waals surface area (Å²) >= 11 is 0. The molecule has 1 aromatic carbocycles. The van der Waals surface area contributed by atoms with Crippen molar-refractivity contribution in [3.05, 3.63) is 24.0 Å². The smallest absolute Gasteiger partial charge is 0.253 e. The number of anilines is 2. The van der Waals surface area contributed by atoms with E-state index in [0.29, 0.717) is 25.6 Å². The van der Waals surface area contributed by atoms with Crippen LogP contribution in [0, 0.1) is 17.7 Å². The number of nitrogens with zero attached hydrogens (tertiary/aromatic N) is 2. The summed E-state index contributed by atoms with van der Waals surface area (Å²) in [7, 11) is 0. The van der Waals surface area contributed by atoms with Gasteiger partial charge in [-0.2, -0.15) is 0 Å². The van der Waals surface area contributed by atoms with E-state index < -0.39 is 23.7 Å². The molecular formula is C22H31FN4O4. The molecule has 1 atom stereocenters. The van der Waals surface area contributed by atoms with E-state index in [1.165, 1.54) is 17.0 Å². The second-order valence-corrected chi connectivity index (χ2v) is 8.70. The highest BCUT2D eigenvalue weighted by molar-refractivity contribution is 6.09. The molecule has 2 aliphatic rings. The SMILES string of the molecule is CC(C)CN(CC1CCC1)[C@@H](C(N)=O)C(=O)Nc1ccc(N2CCOCC2=O)c(F)c1. The van der Waals surface area contributed by atoms with Gasteiger partial charge >= 0.3 is 0 Å². The number of amides is 3. The number of morpholine rings is 1. The fraction of sp³-hybridized carbons (Fsp3) is 0.591. The van der Waals surface area contributed by atoms with Crippen molar-refractivity contribution in [2.45, 2.75) is 39.2 Å². The van der Waals surface area contributed by atoms with Crippen molar-refractivity contribution < 1.29 is 23.5 Å². The normalized spacial score (nSPS) is 18.2. The minimum atomic E-state index is -1.13. The summed E-state index contributed by atoms with van der Waals surface area (Å²) in [5.41, 5.74) is 5.93. The number of halogens is 1. The Hall–Kier alpha value is -2.52. The van der Waals surface area contributed by atoms with Gasteiger partial charge in [-0.05, 0) is 42.9 Å². The number of carbonyl (C=O) groups excluding carboxylic acids is 3. The molecule has 31 heavy (non-hydrogen) atoms. The van der Waals surface area contributed by atoms with Crippen LogP contribution in [0.5, 0.6) is 0 Å². The van der Waals surface area contributed by atoms with Crippen molar-refractivity contribution in [3.8, 4) is 0 Å². The number of benzene rings is 1. The first-order chi connectivity index (χ1) is 14.8. The van der Waals surface area contributed by atoms with Crippen LogP contribution < -0.4 is 16.0 Å². The molecule has 3 N–H and O–H groups in total. The monoisotopic (exact) mass is 434 g/mol. The number of nitrogens with two attached hydrogens (primary N) is 1. The van der Waals surface area contributed by atoms with Crippen LogP contribution in [0.2, 0.25) is 0 Å². The third-order valence-electron chi connectivity index (χ3n) is 5.69. The van der Waals surface area contributed by atoms with Gasteiger partial charge in [0.25, 0.3) is 11.8 Å². The summed E-state index contributed by atoms with van der Waals surface area (Å²) in [6.45, 7) is 5.73. The summed E-state index contributed by atoms with van der Waals surface area (Å²) in [6, 6.07) is 2.96. The van der Waals surface area contributed by atoms with Gasteiger partial charge in [0.05, 0.1) is 12.3 Å². The molecule has 2 fully saturated rings. The maximum atomic E-state index is 14.7. The van der Waals surface area contributed by atoms with Crippen molar-refractivity contribution in [1.82, 2.24) is 4.90 Å². The third-order valence-corrected chi connectivity index (χ3v) is 5.69. The number of primary amides is 1. The van der Waals surface area contributed by atoms with Crippen molar-refractivity contribution in [1.29, 1.82) is 0 Å². The number of hydrogen-bond acceptors (Lipinski definition) is 5. The van der Waals surface area contributed by atoms with Gasteiger partial charge in [0.15, 0.2) is 6.04 Å². The molecule has 8 nitrogen and oxygen atoms in total. The van der Waals surface area contributed by atoms with Gasteiger partial charge in [-0.25, -0.2) is 4.39 Å². The van der Waals surface area contributed by atoms with Crippen LogP contribution in [0.25, 0.3) is 0 Å². The highest BCUT2D eigenvalue weighted by atomic mass is 19.1. The number of rotatable bonds is 9. The third kappa shape index (κ3) is 5.80. The molecule has 0 spiro atoms. The lowest BCUT2D eigenvalue weighted by Gasteiger charge is -2.36. The summed E-state index contributed by atoms with van der Waals surface area (Å²) < 4.78 is 19.8. The highest BCUT2D eigenvalue weighted by Gasteiger charge is 2.34. The van der Waals surface area contributed by atoms with Gasteiger partial charge in [0.1, 0.15) is 12.4 Å². The van der Waals surface area contributed by atoms with Crippen LogP contribution in [0.15, 0.2) is 18.2 Å². The van der Waals surface area contributed by atoms with Gasteiger partial charge in [-0.3, -0.25) is 19.3 Å². The fourth-order valence-corrected chi connectivity index (χ4v) is 4.02. The maximum absolute atomic E-state index is 14.7. The molecule has 0 aromatic heterocycles. The van der Waals surface area contributed by atoms with Crippen LogP contribution in [0.4, 0.5) is 15.8 Å². The maximum Gasteiger partial charge on any atom is 0.253 e. The average molecular weight is 435 g/mol. The van der Waals surface area contributed by atoms with Gasteiger partial charge in [0, 0.05) is 25.3 Å². The lowest BCUT2D eigenvalue weighted by Crippen LogP contribution is -2.54. The molecule has 1 aliphatic heterocycles. The second-order valence-electron chi connectivity index (χ2n) is 8.70. The molecule has 1 aromatic rings. The zero-order valence-corrected chi connectivity index (χ0v) is 18.1. The quantitative estimate of drug-likeness (QED) is 0.576. The molecule has 0 radical (unpaired) electrons. The molecule has 3 amide bonds. The lowest BCUT2D eigenvalue weighted by atomic mass is 9.84. The molecule has 0 bridgehead atoms. The van der Waals surface area contributed by atoms with Crippen LogP contribution in [-0.4, -0.2) is 61.5 Å². The summed E-state index contributed by atoms with van der Waals surface area (Å²) in [5, 5.41) is 2.62. The standard InChI is InChI=1S/C22H31FN4O4/c1-14(2)11-26(12-15-4-3-5-15)20(21(24)29)22(30)25-16-6-7-18(17(23)10-16)27-8-9-31-13-19(27)28/h6-7,10,14-15,20H,3-5,8-9,11-13H2,1-2H3,(H2,24,29)(H,25,30)/t20-/m0/s1. The zero-order chi connectivity index (χ0) is 22.5. The minimum Gasteiger partial charge on any atom is -0.370 e. The van der Waals surface area contributed by atoms with Gasteiger partial charge < -0.3 is 20.7 Å². The van der Waals surface area contributed by atoms with Crippen LogP contribution in [0.1, 0.15) is 33.1 Å². The van der Waals surface area contributed by atoms with Crippen LogP contribution >= 0.6 is 0 Å². The highest BCUT2D eigenvalue weighted by Crippen LogP contribution is 2.28. The number of hydrogen-bond donors (Lipinski definition) is 2. The van der Waals surface area contributed by atoms with Crippen molar-refractivity contribution in [2.75, 3.05) is 43.1 Å². The average Bonchev–Trinajstić information content (AvgIpc) is 2.65. The first-order valence-corrected chi connectivity index (χ1v) is 10.8. The van der Waals surface area contributed by atoms with E-state index in [4.69, 9.17) is 10.5 Å². The molecule has 3 rings (SSSR count). The van der Waals surface area contributed by atoms with Crippen molar-refractivity contribution in [3.63, 3.8) is 0 Å². The Balaban J connectivity index is 1.74. The Morgan fingerprint density at radius 3 is 2.65 bits per heavy atom. The molecule has 1 saturated carbocycles. The first-order valence-electron chi connectivity index (χ1n) is 10.8. The number of nitrogens with one attached hydrogen (secondary N) is 1. The summed E-state index contributed by atoms with van der Waals surface area (Å²) in [4.78, 5) is 40.3. The van der Waals surface area contributed by atoms with Crippen LogP contribution in [-0.2, 0) is 19.1 Å². The summed E-state index contributed by atoms with van der Waals surface area (Å²) in [5.74, 6) is -1.57. The Labute approximate surface area is 181 Å². The minimum absolute atomic E-state index is 0.0924. The summed E-state index contributed by atoms with van der Waals surface area (Å²) in [6.07, 6.45) is 3.31. The zero-order valence-electron chi connectivity index (χ0n) is 18.1. The van der Waals surface area contributed by atoms with Crippen molar-refractivity contribution >= 4 is 29.1 Å². The molecule has 9 heteroatoms. The molecular weight excluding hydrogens is 403 g/mol. The Kier molecular flexibility index (Phi) is 7.61. The predicted molar refractivity (Wildman–Crippen MR) is 115 cm³/mol. The van der Waals surface area contributed by atoms with E-state index in [1.54, 1.807) is 0 Å². The van der Waals surface area contributed by atoms with Gasteiger partial charge in [-0.1, -0.05) is 20.3 Å². The van der Waals surface area contributed by atoms with E-state index in [1.807, 2.05) is 18.7 Å². The number of ether oxygens (including phenoxy) is 1. The molecule has 1 aliphatic carbocycles. The predicted octanol–water partition coefficient (Wildman–Crippen LogP) is 1.74. The topological polar surface area (TPSA) is 105 Å². The van der Waals surface area contributed by atoms with E-state index in [0.717, 1.165) is 25.3 Å². The molecule has 170 valence electrons. The van der Waals surface area contributed by atoms with E-state index in [-0.39, 0.29) is 36.4 Å². The Morgan fingerprint density at radius 1 is 1.35 bits per heavy atom. The van der Waals surface area contributed by atoms with Gasteiger partial charge in [-0.15, -0.1) is 0 Å². The lowest BCUT2D eigenvalue weighted by molar-refractivity contribution is -0.133. The molecule has 1 heterocycles. The Morgan fingerprint density at radius 2 is 2.10 bits per heavy atom. The van der Waals surface area contributed by atoms with E-state index >= 15 is 0 Å². The number of carbonyl (C=O) groups is 3. The largest absolute Gasteiger partial charge is 0.370 e. The molecule has 1 saturated heterocycles. The van der Waals surface area contributed by atoms with Crippen LogP contribution in [0.3, 0.4) is 0 Å². The van der Waals surface area contributed by atoms with Gasteiger partial charge in [0.2, 0.25) is 5.91 Å². The van der Waals surface area contributed by atoms with Crippen molar-refractivity contribution in [2.24, 2.45) is 17.6 Å².